The van der Waals surface area contributed by atoms with Crippen molar-refractivity contribution in [2.45, 2.75) is 38.0 Å². The van der Waals surface area contributed by atoms with Crippen molar-refractivity contribution >= 4 is 21.6 Å². The average Bonchev–Trinajstić information content (AvgIpc) is 2.99. The normalized spacial score (nSPS) is 21.0. The summed E-state index contributed by atoms with van der Waals surface area (Å²) in [5, 5.41) is -0.631. The lowest BCUT2D eigenvalue weighted by Crippen LogP contribution is -2.48. The van der Waals surface area contributed by atoms with Gasteiger partial charge >= 0.3 is 0 Å². The van der Waals surface area contributed by atoms with E-state index in [0.717, 1.165) is 18.5 Å². The number of piperazine rings is 1. The van der Waals surface area contributed by atoms with Crippen molar-refractivity contribution < 1.29 is 22.3 Å². The average molecular weight is 504 g/mol. The van der Waals surface area contributed by atoms with Crippen LogP contribution < -0.4 is 4.90 Å². The first kappa shape index (κ1) is 25.6. The summed E-state index contributed by atoms with van der Waals surface area (Å²) in [6.45, 7) is 4.72. The van der Waals surface area contributed by atoms with Crippen LogP contribution in [0.2, 0.25) is 0 Å². The molecule has 190 valence electrons. The largest absolute Gasteiger partial charge is 0.379 e. The lowest BCUT2D eigenvalue weighted by molar-refractivity contribution is -0.129. The third kappa shape index (κ3) is 6.39. The van der Waals surface area contributed by atoms with Gasteiger partial charge in [-0.25, -0.2) is 12.8 Å². The molecule has 0 aliphatic carbocycles. The van der Waals surface area contributed by atoms with Gasteiger partial charge in [0.25, 0.3) is 0 Å². The molecule has 2 aromatic rings. The SMILES string of the molecule is CC(=O)N1CCN(c2ccc(CN3CCOCC(CCCc4ccccc4)S3(=O)=O)c(F)c2)CC1. The van der Waals surface area contributed by atoms with Crippen LogP contribution in [0.1, 0.15) is 30.9 Å². The van der Waals surface area contributed by atoms with Crippen molar-refractivity contribution in [1.82, 2.24) is 9.21 Å². The highest BCUT2D eigenvalue weighted by molar-refractivity contribution is 7.89. The van der Waals surface area contributed by atoms with Crippen molar-refractivity contribution in [2.24, 2.45) is 0 Å². The summed E-state index contributed by atoms with van der Waals surface area (Å²) < 4.78 is 48.8. The van der Waals surface area contributed by atoms with E-state index < -0.39 is 21.1 Å². The van der Waals surface area contributed by atoms with Gasteiger partial charge in [0, 0.05) is 57.4 Å². The van der Waals surface area contributed by atoms with Crippen LogP contribution in [-0.2, 0) is 32.5 Å². The van der Waals surface area contributed by atoms with Crippen LogP contribution in [0.5, 0.6) is 0 Å². The topological polar surface area (TPSA) is 70.2 Å². The van der Waals surface area contributed by atoms with E-state index in [1.165, 1.54) is 15.9 Å². The minimum atomic E-state index is -3.62. The van der Waals surface area contributed by atoms with Gasteiger partial charge in [-0.15, -0.1) is 0 Å². The predicted molar refractivity (Wildman–Crippen MR) is 134 cm³/mol. The van der Waals surface area contributed by atoms with Gasteiger partial charge < -0.3 is 14.5 Å². The van der Waals surface area contributed by atoms with Crippen LogP contribution in [-0.4, -0.2) is 74.7 Å². The Hall–Kier alpha value is -2.49. The van der Waals surface area contributed by atoms with Crippen molar-refractivity contribution in [3.63, 3.8) is 0 Å². The summed E-state index contributed by atoms with van der Waals surface area (Å²) in [6.07, 6.45) is 2.05. The Labute approximate surface area is 207 Å². The molecule has 1 atom stereocenters. The molecule has 0 saturated carbocycles. The quantitative estimate of drug-likeness (QED) is 0.581. The molecule has 0 radical (unpaired) electrons. The Morgan fingerprint density at radius 3 is 2.49 bits per heavy atom. The van der Waals surface area contributed by atoms with Gasteiger partial charge in [-0.05, 0) is 37.0 Å². The number of sulfonamides is 1. The number of anilines is 1. The zero-order chi connectivity index (χ0) is 24.8. The maximum Gasteiger partial charge on any atom is 0.219 e. The molecule has 0 bridgehead atoms. The summed E-state index contributed by atoms with van der Waals surface area (Å²) in [6, 6.07) is 15.0. The lowest BCUT2D eigenvalue weighted by Gasteiger charge is -2.35. The maximum atomic E-state index is 15.1. The molecule has 0 spiro atoms. The van der Waals surface area contributed by atoms with Crippen LogP contribution in [0, 0.1) is 5.82 Å². The van der Waals surface area contributed by atoms with Crippen LogP contribution in [0.4, 0.5) is 10.1 Å². The highest BCUT2D eigenvalue weighted by Gasteiger charge is 2.34. The van der Waals surface area contributed by atoms with Gasteiger partial charge in [0.1, 0.15) is 5.82 Å². The van der Waals surface area contributed by atoms with Crippen LogP contribution in [0.3, 0.4) is 0 Å². The molecule has 1 amide bonds. The standard InChI is InChI=1S/C26H34FN3O4S/c1-21(31)28-12-14-29(15-13-28)24-11-10-23(26(27)18-24)19-30-16-17-34-20-25(35(30,32)33)9-5-8-22-6-3-2-4-7-22/h2-4,6-7,10-11,18,25H,5,8-9,12-17,19-20H2,1H3. The van der Waals surface area contributed by atoms with Crippen molar-refractivity contribution in [3.8, 4) is 0 Å². The molecule has 2 aromatic carbocycles. The number of ether oxygens (including phenoxy) is 1. The summed E-state index contributed by atoms with van der Waals surface area (Å²) in [5.74, 6) is -0.371. The molecule has 0 aromatic heterocycles. The maximum absolute atomic E-state index is 15.1. The number of hydrogen-bond donors (Lipinski definition) is 0. The van der Waals surface area contributed by atoms with Gasteiger partial charge in [-0.2, -0.15) is 4.31 Å². The van der Waals surface area contributed by atoms with E-state index in [9.17, 15) is 13.2 Å². The first-order valence-electron chi connectivity index (χ1n) is 12.2. The molecule has 0 N–H and O–H groups in total. The second-order valence-corrected chi connectivity index (χ2v) is 11.4. The third-order valence-corrected chi connectivity index (χ3v) is 9.12. The van der Waals surface area contributed by atoms with E-state index in [4.69, 9.17) is 4.74 Å². The second kappa shape index (κ2) is 11.5. The van der Waals surface area contributed by atoms with E-state index in [1.807, 2.05) is 41.3 Å². The zero-order valence-corrected chi connectivity index (χ0v) is 21.1. The molecular weight excluding hydrogens is 469 g/mol. The Balaban J connectivity index is 1.39. The van der Waals surface area contributed by atoms with Gasteiger partial charge in [0.2, 0.25) is 15.9 Å². The molecule has 2 saturated heterocycles. The fraction of sp³-hybridized carbons (Fsp3) is 0.500. The second-order valence-electron chi connectivity index (χ2n) is 9.22. The van der Waals surface area contributed by atoms with Crippen molar-refractivity contribution in [2.75, 3.05) is 50.8 Å². The molecule has 2 aliphatic heterocycles. The first-order chi connectivity index (χ1) is 16.8. The zero-order valence-electron chi connectivity index (χ0n) is 20.2. The number of aryl methyl sites for hydroxylation is 1. The number of halogens is 1. The third-order valence-electron chi connectivity index (χ3n) is 6.88. The first-order valence-corrected chi connectivity index (χ1v) is 13.7. The molecular formula is C26H34FN3O4S. The van der Waals surface area contributed by atoms with Crippen molar-refractivity contribution in [3.05, 3.63) is 65.5 Å². The van der Waals surface area contributed by atoms with E-state index in [0.29, 0.717) is 44.8 Å². The fourth-order valence-electron chi connectivity index (χ4n) is 4.72. The Kier molecular flexibility index (Phi) is 8.41. The summed E-state index contributed by atoms with van der Waals surface area (Å²) >= 11 is 0. The van der Waals surface area contributed by atoms with Crippen LogP contribution >= 0.6 is 0 Å². The Bertz CT molecular complexity index is 1100. The van der Waals surface area contributed by atoms with Crippen LogP contribution in [0.15, 0.2) is 48.5 Å². The molecule has 4 rings (SSSR count). The molecule has 9 heteroatoms. The number of rotatable bonds is 7. The number of amides is 1. The Morgan fingerprint density at radius 1 is 1.06 bits per heavy atom. The van der Waals surface area contributed by atoms with Crippen LogP contribution in [0.25, 0.3) is 0 Å². The number of carbonyl (C=O) groups excluding carboxylic acids is 1. The highest BCUT2D eigenvalue weighted by atomic mass is 32.2. The molecule has 1 unspecified atom stereocenters. The monoisotopic (exact) mass is 503 g/mol. The summed E-state index contributed by atoms with van der Waals surface area (Å²) in [7, 11) is -3.62. The fourth-order valence-corrected chi connectivity index (χ4v) is 6.52. The molecule has 35 heavy (non-hydrogen) atoms. The molecule has 2 aliphatic rings. The van der Waals surface area contributed by atoms with E-state index in [-0.39, 0.29) is 25.6 Å². The lowest BCUT2D eigenvalue weighted by atomic mass is 10.1. The molecule has 2 fully saturated rings. The summed E-state index contributed by atoms with van der Waals surface area (Å²) in [4.78, 5) is 15.4. The van der Waals surface area contributed by atoms with E-state index >= 15 is 4.39 Å². The minimum absolute atomic E-state index is 0.00882. The minimum Gasteiger partial charge on any atom is -0.379 e. The van der Waals surface area contributed by atoms with Crippen molar-refractivity contribution in [1.29, 1.82) is 0 Å². The van der Waals surface area contributed by atoms with Gasteiger partial charge in [0.15, 0.2) is 0 Å². The predicted octanol–water partition coefficient (Wildman–Crippen LogP) is 3.05. The van der Waals surface area contributed by atoms with Gasteiger partial charge in [0.05, 0.1) is 18.5 Å². The number of hydrogen-bond acceptors (Lipinski definition) is 5. The summed E-state index contributed by atoms with van der Waals surface area (Å²) in [5.41, 5.74) is 2.28. The van der Waals surface area contributed by atoms with E-state index in [1.54, 1.807) is 17.9 Å². The van der Waals surface area contributed by atoms with E-state index in [2.05, 4.69) is 0 Å². The smallest absolute Gasteiger partial charge is 0.219 e. The molecule has 2 heterocycles. The highest BCUT2D eigenvalue weighted by Crippen LogP contribution is 2.25. The number of nitrogens with zero attached hydrogens (tertiary/aromatic N) is 3. The number of carbonyl (C=O) groups is 1. The van der Waals surface area contributed by atoms with Gasteiger partial charge in [-0.1, -0.05) is 36.4 Å². The Morgan fingerprint density at radius 2 is 1.80 bits per heavy atom. The van der Waals surface area contributed by atoms with Gasteiger partial charge in [-0.3, -0.25) is 4.79 Å². The molecule has 7 nitrogen and oxygen atoms in total. The number of benzene rings is 2.